The molecule has 2 bridgehead atoms. The van der Waals surface area contributed by atoms with Crippen LogP contribution in [0.3, 0.4) is 0 Å². The molecular weight excluding hydrogens is 148 g/mol. The molecule has 0 amide bonds. The highest BCUT2D eigenvalue weighted by atomic mass is 16.1. The van der Waals surface area contributed by atoms with Gasteiger partial charge in [0.15, 0.2) is 0 Å². The molecule has 0 aliphatic heterocycles. The lowest BCUT2D eigenvalue weighted by Crippen LogP contribution is -2.15. The summed E-state index contributed by atoms with van der Waals surface area (Å²) in [5.41, 5.74) is 0. The Labute approximate surface area is 72.5 Å². The molecular formula is C11H14O. The van der Waals surface area contributed by atoms with E-state index in [4.69, 9.17) is 0 Å². The molecule has 0 N–H and O–H groups in total. The highest BCUT2D eigenvalue weighted by Crippen LogP contribution is 2.68. The third-order valence-corrected chi connectivity index (χ3v) is 4.89. The maximum absolute atomic E-state index is 11.9. The average Bonchev–Trinajstić information content (AvgIpc) is 2.87. The lowest BCUT2D eigenvalue weighted by Gasteiger charge is -2.06. The lowest BCUT2D eigenvalue weighted by atomic mass is 9.97. The molecule has 0 spiro atoms. The van der Waals surface area contributed by atoms with Crippen molar-refractivity contribution >= 4 is 5.78 Å². The smallest absolute Gasteiger partial charge is 0.139 e. The number of ketones is 1. The van der Waals surface area contributed by atoms with Gasteiger partial charge in [0, 0.05) is 11.8 Å². The SMILES string of the molecule is O=C1C2CCC1C1CC1C1CC21. The van der Waals surface area contributed by atoms with Gasteiger partial charge in [-0.1, -0.05) is 0 Å². The summed E-state index contributed by atoms with van der Waals surface area (Å²) in [7, 11) is 0. The van der Waals surface area contributed by atoms with Crippen molar-refractivity contribution in [3.8, 4) is 0 Å². The Kier molecular flexibility index (Phi) is 0.843. The molecule has 4 saturated carbocycles. The third kappa shape index (κ3) is 0.541. The summed E-state index contributed by atoms with van der Waals surface area (Å²) in [5, 5.41) is 0. The second-order valence-electron chi connectivity index (χ2n) is 5.32. The van der Waals surface area contributed by atoms with Gasteiger partial charge < -0.3 is 0 Å². The Hall–Kier alpha value is -0.330. The van der Waals surface area contributed by atoms with E-state index in [1.807, 2.05) is 0 Å². The summed E-state index contributed by atoms with van der Waals surface area (Å²) in [6, 6.07) is 0. The molecule has 0 aromatic carbocycles. The predicted octanol–water partition coefficient (Wildman–Crippen LogP) is 1.87. The van der Waals surface area contributed by atoms with Crippen LogP contribution in [0.15, 0.2) is 0 Å². The monoisotopic (exact) mass is 162 g/mol. The molecule has 0 radical (unpaired) electrons. The second-order valence-corrected chi connectivity index (χ2v) is 5.32. The van der Waals surface area contributed by atoms with E-state index in [0.717, 1.165) is 23.7 Å². The molecule has 1 heteroatoms. The van der Waals surface area contributed by atoms with Gasteiger partial charge in [-0.05, 0) is 49.4 Å². The number of hydrogen-bond acceptors (Lipinski definition) is 1. The summed E-state index contributed by atoms with van der Waals surface area (Å²) in [5.74, 6) is 5.48. The maximum atomic E-state index is 11.9. The quantitative estimate of drug-likeness (QED) is 0.531. The molecule has 4 rings (SSSR count). The fourth-order valence-electron chi connectivity index (χ4n) is 4.15. The largest absolute Gasteiger partial charge is 0.299 e. The van der Waals surface area contributed by atoms with Crippen molar-refractivity contribution in [2.45, 2.75) is 25.7 Å². The van der Waals surface area contributed by atoms with Crippen LogP contribution < -0.4 is 0 Å². The standard InChI is InChI=1S/C11H14O/c12-11-5-1-2-6(11)8-4-10(8)9-3-7(5)9/h5-10H,1-4H2. The molecule has 0 aromatic rings. The zero-order valence-electron chi connectivity index (χ0n) is 7.20. The second kappa shape index (κ2) is 1.64. The molecule has 0 heterocycles. The summed E-state index contributed by atoms with van der Waals surface area (Å²) < 4.78 is 0. The molecule has 4 fully saturated rings. The fourth-order valence-corrected chi connectivity index (χ4v) is 4.15. The first-order chi connectivity index (χ1) is 5.86. The van der Waals surface area contributed by atoms with Gasteiger partial charge in [-0.15, -0.1) is 0 Å². The van der Waals surface area contributed by atoms with Crippen molar-refractivity contribution in [3.63, 3.8) is 0 Å². The highest BCUT2D eigenvalue weighted by Gasteiger charge is 2.65. The first kappa shape index (κ1) is 6.17. The topological polar surface area (TPSA) is 17.1 Å². The molecule has 0 aromatic heterocycles. The van der Waals surface area contributed by atoms with Gasteiger partial charge in [-0.25, -0.2) is 0 Å². The van der Waals surface area contributed by atoms with Crippen LogP contribution in [0.5, 0.6) is 0 Å². The minimum atomic E-state index is 0.535. The number of Topliss-reactive ketones (excluding diaryl/α,β-unsaturated/α-hetero) is 1. The number of carbonyl (C=O) groups is 1. The molecule has 1 nitrogen and oxygen atoms in total. The Balaban J connectivity index is 1.81. The van der Waals surface area contributed by atoms with E-state index in [9.17, 15) is 4.79 Å². The third-order valence-electron chi connectivity index (χ3n) is 4.89. The van der Waals surface area contributed by atoms with Crippen molar-refractivity contribution in [1.29, 1.82) is 0 Å². The van der Waals surface area contributed by atoms with E-state index in [1.54, 1.807) is 0 Å². The van der Waals surface area contributed by atoms with Crippen molar-refractivity contribution in [2.24, 2.45) is 35.5 Å². The summed E-state index contributed by atoms with van der Waals surface area (Å²) in [6.07, 6.45) is 5.30. The number of hydrogen-bond donors (Lipinski definition) is 0. The van der Waals surface area contributed by atoms with Gasteiger partial charge in [0.25, 0.3) is 0 Å². The molecule has 4 aliphatic rings. The van der Waals surface area contributed by atoms with Gasteiger partial charge in [0.1, 0.15) is 5.78 Å². The number of fused-ring (bicyclic) bond motifs is 7. The van der Waals surface area contributed by atoms with Gasteiger partial charge in [0.05, 0.1) is 0 Å². The van der Waals surface area contributed by atoms with Crippen molar-refractivity contribution in [1.82, 2.24) is 0 Å². The van der Waals surface area contributed by atoms with Crippen LogP contribution in [0, 0.1) is 35.5 Å². The Morgan fingerprint density at radius 2 is 1.33 bits per heavy atom. The molecule has 0 saturated heterocycles. The predicted molar refractivity (Wildman–Crippen MR) is 44.4 cm³/mol. The molecule has 4 aliphatic carbocycles. The van der Waals surface area contributed by atoms with Crippen LogP contribution in [0.2, 0.25) is 0 Å². The van der Waals surface area contributed by atoms with Crippen molar-refractivity contribution in [3.05, 3.63) is 0 Å². The van der Waals surface area contributed by atoms with E-state index in [-0.39, 0.29) is 0 Å². The number of carbonyl (C=O) groups excluding carboxylic acids is 1. The van der Waals surface area contributed by atoms with E-state index >= 15 is 0 Å². The van der Waals surface area contributed by atoms with Crippen LogP contribution >= 0.6 is 0 Å². The molecule has 64 valence electrons. The zero-order chi connectivity index (χ0) is 7.87. The zero-order valence-corrected chi connectivity index (χ0v) is 7.20. The Bertz CT molecular complexity index is 244. The lowest BCUT2D eigenvalue weighted by molar-refractivity contribution is -0.124. The van der Waals surface area contributed by atoms with E-state index < -0.39 is 0 Å². The van der Waals surface area contributed by atoms with Crippen LogP contribution in [0.4, 0.5) is 0 Å². The summed E-state index contributed by atoms with van der Waals surface area (Å²) in [6.45, 7) is 0. The maximum Gasteiger partial charge on any atom is 0.139 e. The fraction of sp³-hybridized carbons (Fsp3) is 0.909. The normalized spacial score (nSPS) is 65.2. The van der Waals surface area contributed by atoms with Crippen LogP contribution in [0.1, 0.15) is 25.7 Å². The first-order valence-corrected chi connectivity index (χ1v) is 5.40. The molecule has 12 heavy (non-hydrogen) atoms. The van der Waals surface area contributed by atoms with Gasteiger partial charge in [0.2, 0.25) is 0 Å². The van der Waals surface area contributed by atoms with Gasteiger partial charge in [-0.3, -0.25) is 4.79 Å². The minimum absolute atomic E-state index is 0.535. The van der Waals surface area contributed by atoms with Gasteiger partial charge >= 0.3 is 0 Å². The molecule has 6 atom stereocenters. The highest BCUT2D eigenvalue weighted by molar-refractivity contribution is 5.87. The average molecular weight is 162 g/mol. The van der Waals surface area contributed by atoms with Crippen molar-refractivity contribution in [2.75, 3.05) is 0 Å². The number of rotatable bonds is 0. The summed E-state index contributed by atoms with van der Waals surface area (Å²) in [4.78, 5) is 11.9. The van der Waals surface area contributed by atoms with E-state index in [1.165, 1.54) is 25.7 Å². The van der Waals surface area contributed by atoms with Crippen LogP contribution in [0.25, 0.3) is 0 Å². The summed E-state index contributed by atoms with van der Waals surface area (Å²) >= 11 is 0. The van der Waals surface area contributed by atoms with Crippen LogP contribution in [-0.4, -0.2) is 5.78 Å². The van der Waals surface area contributed by atoms with Crippen molar-refractivity contribution < 1.29 is 4.79 Å². The van der Waals surface area contributed by atoms with Crippen LogP contribution in [-0.2, 0) is 4.79 Å². The Morgan fingerprint density at radius 3 is 1.83 bits per heavy atom. The first-order valence-electron chi connectivity index (χ1n) is 5.40. The molecule has 6 unspecified atom stereocenters. The Morgan fingerprint density at radius 1 is 0.833 bits per heavy atom. The minimum Gasteiger partial charge on any atom is -0.299 e. The van der Waals surface area contributed by atoms with E-state index in [2.05, 4.69) is 0 Å². The van der Waals surface area contributed by atoms with Gasteiger partial charge in [-0.2, -0.15) is 0 Å². The van der Waals surface area contributed by atoms with E-state index in [0.29, 0.717) is 17.6 Å².